The molecule has 0 saturated heterocycles. The molecule has 33 heavy (non-hydrogen) atoms. The molecule has 1 aliphatic heterocycles. The zero-order valence-electron chi connectivity index (χ0n) is 18.3. The normalized spacial score (nSPS) is 15.4. The third kappa shape index (κ3) is 4.18. The maximum Gasteiger partial charge on any atom is 0.265 e. The Labute approximate surface area is 201 Å². The van der Waals surface area contributed by atoms with E-state index in [0.29, 0.717) is 17.5 Å². The monoisotopic (exact) mass is 478 g/mol. The SMILES string of the molecule is COc1ccc(C2c3[nH]c4ccc(SC)cc4c3CCN2C(=S)Oc2ccc(F)cc2)cc1. The van der Waals surface area contributed by atoms with Gasteiger partial charge in [-0.3, -0.25) is 0 Å². The Morgan fingerprint density at radius 1 is 1.06 bits per heavy atom. The number of hydrogen-bond acceptors (Lipinski definition) is 4. The highest BCUT2D eigenvalue weighted by molar-refractivity contribution is 7.98. The lowest BCUT2D eigenvalue weighted by molar-refractivity contribution is 0.289. The number of aromatic nitrogens is 1. The van der Waals surface area contributed by atoms with E-state index in [2.05, 4.69) is 46.5 Å². The lowest BCUT2D eigenvalue weighted by atomic mass is 9.93. The minimum Gasteiger partial charge on any atom is -0.497 e. The van der Waals surface area contributed by atoms with Crippen LogP contribution < -0.4 is 9.47 Å². The van der Waals surface area contributed by atoms with Crippen LogP contribution in [-0.2, 0) is 6.42 Å². The van der Waals surface area contributed by atoms with Crippen molar-refractivity contribution in [2.45, 2.75) is 17.4 Å². The number of hydrogen-bond donors (Lipinski definition) is 1. The molecule has 1 aromatic heterocycles. The van der Waals surface area contributed by atoms with E-state index >= 15 is 0 Å². The number of aromatic amines is 1. The number of nitrogens with one attached hydrogen (secondary N) is 1. The average molecular weight is 479 g/mol. The van der Waals surface area contributed by atoms with Crippen LogP contribution in [0.15, 0.2) is 71.6 Å². The summed E-state index contributed by atoms with van der Waals surface area (Å²) in [5.74, 6) is 1.00. The summed E-state index contributed by atoms with van der Waals surface area (Å²) >= 11 is 7.47. The molecule has 0 amide bonds. The van der Waals surface area contributed by atoms with Gasteiger partial charge in [-0.2, -0.15) is 0 Å². The number of H-pyrrole nitrogens is 1. The Morgan fingerprint density at radius 3 is 2.48 bits per heavy atom. The number of thiocarbonyl (C=S) groups is 1. The standard InChI is InChI=1S/C26H23FN2O2S2/c1-30-18-7-3-16(4-8-18)25-24-21(22-15-20(33-2)11-12-23(22)28-24)13-14-29(25)26(32)31-19-9-5-17(27)6-10-19/h3-12,15,25,28H,13-14H2,1-2H3. The summed E-state index contributed by atoms with van der Waals surface area (Å²) < 4.78 is 24.7. The lowest BCUT2D eigenvalue weighted by Crippen LogP contribution is -2.42. The van der Waals surface area contributed by atoms with Gasteiger partial charge >= 0.3 is 0 Å². The van der Waals surface area contributed by atoms with E-state index in [1.807, 2.05) is 12.1 Å². The number of ether oxygens (including phenoxy) is 2. The van der Waals surface area contributed by atoms with E-state index in [-0.39, 0.29) is 11.9 Å². The highest BCUT2D eigenvalue weighted by Gasteiger charge is 2.34. The molecule has 5 rings (SSSR count). The van der Waals surface area contributed by atoms with E-state index in [1.165, 1.54) is 28.0 Å². The quantitative estimate of drug-likeness (QED) is 0.273. The van der Waals surface area contributed by atoms with Gasteiger partial charge in [0.15, 0.2) is 0 Å². The van der Waals surface area contributed by atoms with Crippen molar-refractivity contribution in [1.82, 2.24) is 9.88 Å². The molecule has 4 aromatic rings. The van der Waals surface area contributed by atoms with Crippen LogP contribution in [0.4, 0.5) is 4.39 Å². The van der Waals surface area contributed by atoms with Gasteiger partial charge in [-0.1, -0.05) is 12.1 Å². The second-order valence-corrected chi connectivity index (χ2v) is 9.10. The smallest absolute Gasteiger partial charge is 0.265 e. The molecule has 4 nitrogen and oxygen atoms in total. The summed E-state index contributed by atoms with van der Waals surface area (Å²) in [4.78, 5) is 6.98. The highest BCUT2D eigenvalue weighted by Crippen LogP contribution is 2.40. The first-order valence-corrected chi connectivity index (χ1v) is 12.3. The zero-order chi connectivity index (χ0) is 22.9. The number of benzene rings is 3. The van der Waals surface area contributed by atoms with Crippen molar-refractivity contribution in [3.63, 3.8) is 0 Å². The van der Waals surface area contributed by atoms with Crippen molar-refractivity contribution in [3.05, 3.63) is 89.4 Å². The molecule has 0 saturated carbocycles. The van der Waals surface area contributed by atoms with Crippen LogP contribution in [0.25, 0.3) is 10.9 Å². The summed E-state index contributed by atoms with van der Waals surface area (Å²) in [6.45, 7) is 0.709. The van der Waals surface area contributed by atoms with Gasteiger partial charge in [-0.15, -0.1) is 11.8 Å². The summed E-state index contributed by atoms with van der Waals surface area (Å²) in [5.41, 5.74) is 4.62. The highest BCUT2D eigenvalue weighted by atomic mass is 32.2. The third-order valence-electron chi connectivity index (χ3n) is 6.02. The Kier molecular flexibility index (Phi) is 6.00. The van der Waals surface area contributed by atoms with Crippen molar-refractivity contribution in [1.29, 1.82) is 0 Å². The largest absolute Gasteiger partial charge is 0.497 e. The molecule has 2 heterocycles. The number of methoxy groups -OCH3 is 1. The number of rotatable bonds is 4. The van der Waals surface area contributed by atoms with E-state index in [0.717, 1.165) is 28.9 Å². The van der Waals surface area contributed by atoms with Crippen LogP contribution in [0, 0.1) is 5.82 Å². The molecule has 0 bridgehead atoms. The van der Waals surface area contributed by atoms with Gasteiger partial charge in [0.1, 0.15) is 17.3 Å². The van der Waals surface area contributed by atoms with Gasteiger partial charge in [-0.05, 0) is 90.6 Å². The van der Waals surface area contributed by atoms with Gasteiger partial charge < -0.3 is 19.4 Å². The Hall–Kier alpha value is -3.03. The molecule has 0 radical (unpaired) electrons. The maximum atomic E-state index is 13.3. The van der Waals surface area contributed by atoms with Crippen molar-refractivity contribution in [2.24, 2.45) is 0 Å². The van der Waals surface area contributed by atoms with Gasteiger partial charge in [0.2, 0.25) is 0 Å². The number of fused-ring (bicyclic) bond motifs is 3. The molecule has 0 fully saturated rings. The maximum absolute atomic E-state index is 13.3. The first-order chi connectivity index (χ1) is 16.1. The first kappa shape index (κ1) is 21.8. The van der Waals surface area contributed by atoms with Crippen LogP contribution in [0.2, 0.25) is 0 Å². The van der Waals surface area contributed by atoms with Crippen LogP contribution in [-0.4, -0.2) is 35.0 Å². The van der Waals surface area contributed by atoms with Gasteiger partial charge in [0, 0.05) is 28.0 Å². The fourth-order valence-electron chi connectivity index (χ4n) is 4.39. The predicted octanol–water partition coefficient (Wildman–Crippen LogP) is 6.35. The van der Waals surface area contributed by atoms with E-state index in [1.54, 1.807) is 31.0 Å². The third-order valence-corrected chi connectivity index (χ3v) is 7.06. The molecular weight excluding hydrogens is 455 g/mol. The fourth-order valence-corrected chi connectivity index (χ4v) is 5.12. The minimum absolute atomic E-state index is 0.141. The summed E-state index contributed by atoms with van der Waals surface area (Å²) in [6, 6.07) is 20.3. The lowest BCUT2D eigenvalue weighted by Gasteiger charge is -2.37. The van der Waals surface area contributed by atoms with E-state index in [4.69, 9.17) is 21.7 Å². The van der Waals surface area contributed by atoms with Crippen LogP contribution in [0.1, 0.15) is 22.9 Å². The molecule has 1 N–H and O–H groups in total. The molecule has 0 aliphatic carbocycles. The summed E-state index contributed by atoms with van der Waals surface area (Å²) in [7, 11) is 1.66. The minimum atomic E-state index is -0.310. The average Bonchev–Trinajstić information content (AvgIpc) is 3.22. The van der Waals surface area contributed by atoms with Crippen LogP contribution in [0.5, 0.6) is 11.5 Å². The number of nitrogens with zero attached hydrogens (tertiary/aromatic N) is 1. The fraction of sp³-hybridized carbons (Fsp3) is 0.192. The zero-order valence-corrected chi connectivity index (χ0v) is 19.9. The van der Waals surface area contributed by atoms with E-state index < -0.39 is 0 Å². The van der Waals surface area contributed by atoms with Gasteiger partial charge in [-0.25, -0.2) is 4.39 Å². The second-order valence-electron chi connectivity index (χ2n) is 7.87. The van der Waals surface area contributed by atoms with Gasteiger partial charge in [0.25, 0.3) is 5.17 Å². The van der Waals surface area contributed by atoms with Crippen molar-refractivity contribution >= 4 is 40.1 Å². The van der Waals surface area contributed by atoms with Crippen LogP contribution >= 0.6 is 24.0 Å². The van der Waals surface area contributed by atoms with Crippen molar-refractivity contribution in [2.75, 3.05) is 19.9 Å². The first-order valence-electron chi connectivity index (χ1n) is 10.6. The Morgan fingerprint density at radius 2 is 1.79 bits per heavy atom. The number of thioether (sulfide) groups is 1. The second kappa shape index (κ2) is 9.08. The summed E-state index contributed by atoms with van der Waals surface area (Å²) in [5, 5.41) is 1.61. The van der Waals surface area contributed by atoms with Gasteiger partial charge in [0.05, 0.1) is 13.2 Å². The van der Waals surface area contributed by atoms with Crippen molar-refractivity contribution < 1.29 is 13.9 Å². The molecule has 3 aromatic carbocycles. The Bertz CT molecular complexity index is 1300. The van der Waals surface area contributed by atoms with Crippen LogP contribution in [0.3, 0.4) is 0 Å². The van der Waals surface area contributed by atoms with E-state index in [9.17, 15) is 4.39 Å². The Balaban J connectivity index is 1.57. The molecule has 1 atom stereocenters. The topological polar surface area (TPSA) is 37.5 Å². The molecule has 1 unspecified atom stereocenters. The summed E-state index contributed by atoms with van der Waals surface area (Å²) in [6.07, 6.45) is 2.93. The predicted molar refractivity (Wildman–Crippen MR) is 135 cm³/mol. The molecule has 1 aliphatic rings. The molecule has 168 valence electrons. The molecule has 0 spiro atoms. The van der Waals surface area contributed by atoms with Crippen molar-refractivity contribution in [3.8, 4) is 11.5 Å². The number of halogens is 1. The molecular formula is C26H23FN2O2S2. The molecule has 7 heteroatoms.